The van der Waals surface area contributed by atoms with Crippen molar-refractivity contribution in [1.29, 1.82) is 0 Å². The highest BCUT2D eigenvalue weighted by molar-refractivity contribution is 5.21. The van der Waals surface area contributed by atoms with E-state index >= 15 is 0 Å². The third kappa shape index (κ3) is 3.11. The van der Waals surface area contributed by atoms with Gasteiger partial charge in [0.2, 0.25) is 0 Å². The van der Waals surface area contributed by atoms with E-state index in [1.54, 1.807) is 0 Å². The highest BCUT2D eigenvalue weighted by atomic mass is 16.6. The molecule has 2 aromatic rings. The van der Waals surface area contributed by atoms with Gasteiger partial charge in [0.15, 0.2) is 5.72 Å². The van der Waals surface area contributed by atoms with Crippen LogP contribution in [0.2, 0.25) is 0 Å². The van der Waals surface area contributed by atoms with E-state index in [1.165, 1.54) is 5.56 Å². The van der Waals surface area contributed by atoms with Crippen molar-refractivity contribution in [2.24, 2.45) is 0 Å². The summed E-state index contributed by atoms with van der Waals surface area (Å²) >= 11 is 0. The van der Waals surface area contributed by atoms with Crippen molar-refractivity contribution in [3.8, 4) is 5.75 Å². The summed E-state index contributed by atoms with van der Waals surface area (Å²) in [6.07, 6.45) is 0.0721. The van der Waals surface area contributed by atoms with Gasteiger partial charge >= 0.3 is 0 Å². The maximum absolute atomic E-state index is 6.27. The van der Waals surface area contributed by atoms with Gasteiger partial charge < -0.3 is 14.2 Å². The van der Waals surface area contributed by atoms with Gasteiger partial charge in [-0.1, -0.05) is 48.5 Å². The molecule has 23 heavy (non-hydrogen) atoms. The molecular formula is C19H21NO3. The monoisotopic (exact) mass is 311 g/mol. The SMILES string of the molecule is c1ccc(CN2CC(COc3ccccc3)OC23COC3)cc1. The zero-order valence-electron chi connectivity index (χ0n) is 13.1. The largest absolute Gasteiger partial charge is 0.491 e. The Bertz CT molecular complexity index is 628. The fraction of sp³-hybridized carbons (Fsp3) is 0.368. The fourth-order valence-electron chi connectivity index (χ4n) is 3.17. The first-order valence-corrected chi connectivity index (χ1v) is 8.06. The molecule has 1 atom stereocenters. The fourth-order valence-corrected chi connectivity index (χ4v) is 3.17. The molecule has 120 valence electrons. The van der Waals surface area contributed by atoms with Crippen LogP contribution in [0.3, 0.4) is 0 Å². The van der Waals surface area contributed by atoms with Gasteiger partial charge in [-0.15, -0.1) is 0 Å². The standard InChI is InChI=1S/C19H21NO3/c1-3-7-16(8-4-1)11-20-12-18(23-19(20)14-21-15-19)13-22-17-9-5-2-6-10-17/h1-10,18H,11-15H2. The average molecular weight is 311 g/mol. The summed E-state index contributed by atoms with van der Waals surface area (Å²) in [5.41, 5.74) is 1.03. The zero-order valence-corrected chi connectivity index (χ0v) is 13.1. The Morgan fingerprint density at radius 3 is 2.35 bits per heavy atom. The molecule has 0 bridgehead atoms. The van der Waals surface area contributed by atoms with Gasteiger partial charge in [0.05, 0.1) is 13.2 Å². The number of nitrogens with zero attached hydrogens (tertiary/aromatic N) is 1. The minimum absolute atomic E-state index is 0.0721. The molecule has 2 aliphatic heterocycles. The third-order valence-corrected chi connectivity index (χ3v) is 4.44. The number of hydrogen-bond acceptors (Lipinski definition) is 4. The molecule has 0 N–H and O–H groups in total. The van der Waals surface area contributed by atoms with Gasteiger partial charge in [-0.3, -0.25) is 4.90 Å². The molecule has 4 rings (SSSR count). The van der Waals surface area contributed by atoms with Crippen molar-refractivity contribution < 1.29 is 14.2 Å². The molecule has 0 saturated carbocycles. The summed E-state index contributed by atoms with van der Waals surface area (Å²) < 4.78 is 17.6. The number of benzene rings is 2. The Kier molecular flexibility index (Phi) is 4.04. The Morgan fingerprint density at radius 2 is 1.70 bits per heavy atom. The number of ether oxygens (including phenoxy) is 3. The Hall–Kier alpha value is -1.88. The molecule has 0 aliphatic carbocycles. The summed E-state index contributed by atoms with van der Waals surface area (Å²) in [6, 6.07) is 20.4. The van der Waals surface area contributed by atoms with Gasteiger partial charge in [-0.25, -0.2) is 0 Å². The molecule has 0 amide bonds. The van der Waals surface area contributed by atoms with Gasteiger partial charge in [0, 0.05) is 13.1 Å². The maximum Gasteiger partial charge on any atom is 0.169 e. The van der Waals surface area contributed by atoms with Crippen LogP contribution in [-0.4, -0.2) is 43.1 Å². The van der Waals surface area contributed by atoms with Crippen LogP contribution >= 0.6 is 0 Å². The van der Waals surface area contributed by atoms with Gasteiger partial charge in [-0.05, 0) is 17.7 Å². The van der Waals surface area contributed by atoms with E-state index in [0.29, 0.717) is 19.8 Å². The lowest BCUT2D eigenvalue weighted by Crippen LogP contribution is -2.59. The smallest absolute Gasteiger partial charge is 0.169 e. The molecule has 2 fully saturated rings. The molecule has 1 unspecified atom stereocenters. The Balaban J connectivity index is 1.40. The molecule has 2 aromatic carbocycles. The summed E-state index contributed by atoms with van der Waals surface area (Å²) in [4.78, 5) is 2.38. The van der Waals surface area contributed by atoms with Crippen LogP contribution in [0.1, 0.15) is 5.56 Å². The van der Waals surface area contributed by atoms with Crippen molar-refractivity contribution in [3.05, 3.63) is 66.2 Å². The summed E-state index contributed by atoms with van der Waals surface area (Å²) in [7, 11) is 0. The molecule has 4 heteroatoms. The van der Waals surface area contributed by atoms with E-state index < -0.39 is 0 Å². The molecule has 0 aromatic heterocycles. The highest BCUT2D eigenvalue weighted by Crippen LogP contribution is 2.35. The van der Waals surface area contributed by atoms with Crippen LogP contribution in [-0.2, 0) is 16.0 Å². The first kappa shape index (κ1) is 14.7. The number of rotatable bonds is 5. The predicted octanol–water partition coefficient (Wildman–Crippen LogP) is 2.69. The van der Waals surface area contributed by atoms with Crippen molar-refractivity contribution in [1.82, 2.24) is 4.90 Å². The van der Waals surface area contributed by atoms with Crippen molar-refractivity contribution in [3.63, 3.8) is 0 Å². The van der Waals surface area contributed by atoms with Gasteiger partial charge in [0.1, 0.15) is 18.5 Å². The molecule has 1 spiro atoms. The van der Waals surface area contributed by atoms with E-state index in [9.17, 15) is 0 Å². The predicted molar refractivity (Wildman–Crippen MR) is 87.2 cm³/mol. The van der Waals surface area contributed by atoms with E-state index in [-0.39, 0.29) is 11.8 Å². The maximum atomic E-state index is 6.27. The second-order valence-corrected chi connectivity index (χ2v) is 6.17. The van der Waals surface area contributed by atoms with Crippen molar-refractivity contribution in [2.75, 3.05) is 26.4 Å². The molecule has 0 radical (unpaired) electrons. The lowest BCUT2D eigenvalue weighted by Gasteiger charge is -2.43. The van der Waals surface area contributed by atoms with Crippen LogP contribution in [0.25, 0.3) is 0 Å². The average Bonchev–Trinajstić information content (AvgIpc) is 2.94. The summed E-state index contributed by atoms with van der Waals surface area (Å²) in [6.45, 7) is 3.59. The minimum Gasteiger partial charge on any atom is -0.491 e. The molecule has 2 heterocycles. The minimum atomic E-state index is -0.263. The van der Waals surface area contributed by atoms with E-state index in [0.717, 1.165) is 18.8 Å². The van der Waals surface area contributed by atoms with Gasteiger partial charge in [-0.2, -0.15) is 0 Å². The normalized spacial score (nSPS) is 22.9. The van der Waals surface area contributed by atoms with E-state index in [4.69, 9.17) is 14.2 Å². The van der Waals surface area contributed by atoms with Crippen LogP contribution in [0.4, 0.5) is 0 Å². The quantitative estimate of drug-likeness (QED) is 0.849. The second kappa shape index (κ2) is 6.32. The van der Waals surface area contributed by atoms with Crippen LogP contribution in [0, 0.1) is 0 Å². The Morgan fingerprint density at radius 1 is 1.00 bits per heavy atom. The second-order valence-electron chi connectivity index (χ2n) is 6.17. The number of hydrogen-bond donors (Lipinski definition) is 0. The van der Waals surface area contributed by atoms with Crippen molar-refractivity contribution in [2.45, 2.75) is 18.4 Å². The topological polar surface area (TPSA) is 30.9 Å². The molecule has 2 saturated heterocycles. The van der Waals surface area contributed by atoms with Crippen molar-refractivity contribution >= 4 is 0 Å². The Labute approximate surface area is 136 Å². The molecular weight excluding hydrogens is 290 g/mol. The molecule has 2 aliphatic rings. The van der Waals surface area contributed by atoms with E-state index in [1.807, 2.05) is 36.4 Å². The lowest BCUT2D eigenvalue weighted by molar-refractivity contribution is -0.255. The highest BCUT2D eigenvalue weighted by Gasteiger charge is 2.52. The zero-order chi connectivity index (χ0) is 15.5. The first-order chi connectivity index (χ1) is 11.3. The van der Waals surface area contributed by atoms with Crippen LogP contribution in [0.5, 0.6) is 5.75 Å². The summed E-state index contributed by atoms with van der Waals surface area (Å²) in [5.74, 6) is 0.886. The van der Waals surface area contributed by atoms with Crippen LogP contribution in [0.15, 0.2) is 60.7 Å². The summed E-state index contributed by atoms with van der Waals surface area (Å²) in [5, 5.41) is 0. The third-order valence-electron chi connectivity index (χ3n) is 4.44. The van der Waals surface area contributed by atoms with Gasteiger partial charge in [0.25, 0.3) is 0 Å². The number of para-hydroxylation sites is 1. The van der Waals surface area contributed by atoms with Crippen LogP contribution < -0.4 is 4.74 Å². The lowest BCUT2D eigenvalue weighted by atomic mass is 10.1. The first-order valence-electron chi connectivity index (χ1n) is 8.06. The molecule has 4 nitrogen and oxygen atoms in total. The van der Waals surface area contributed by atoms with E-state index in [2.05, 4.69) is 29.2 Å².